The maximum absolute atomic E-state index is 12.9. The van der Waals surface area contributed by atoms with Crippen LogP contribution in [0.5, 0.6) is 0 Å². The zero-order valence-corrected chi connectivity index (χ0v) is 16.7. The molecule has 3 N–H and O–H groups in total. The SMILES string of the molecule is CC(NC(=O)CCc1ccc(F)cc1)c1ccc(NC(=O)Nc2ccccc2)cc1. The molecule has 0 saturated heterocycles. The van der Waals surface area contributed by atoms with Crippen LogP contribution in [0.3, 0.4) is 0 Å². The van der Waals surface area contributed by atoms with Gasteiger partial charge in [-0.1, -0.05) is 42.5 Å². The maximum atomic E-state index is 12.9. The molecule has 1 atom stereocenters. The van der Waals surface area contributed by atoms with Gasteiger partial charge in [0, 0.05) is 17.8 Å². The van der Waals surface area contributed by atoms with Crippen LogP contribution in [0.1, 0.15) is 30.5 Å². The van der Waals surface area contributed by atoms with Crippen molar-refractivity contribution in [3.8, 4) is 0 Å². The van der Waals surface area contributed by atoms with E-state index in [4.69, 9.17) is 0 Å². The van der Waals surface area contributed by atoms with Gasteiger partial charge in [-0.05, 0) is 60.9 Å². The number of rotatable bonds is 7. The summed E-state index contributed by atoms with van der Waals surface area (Å²) < 4.78 is 12.9. The minimum Gasteiger partial charge on any atom is -0.350 e. The first-order valence-corrected chi connectivity index (χ1v) is 9.76. The second-order valence-electron chi connectivity index (χ2n) is 6.98. The molecule has 3 aromatic rings. The van der Waals surface area contributed by atoms with Crippen molar-refractivity contribution in [2.45, 2.75) is 25.8 Å². The molecule has 0 spiro atoms. The van der Waals surface area contributed by atoms with Crippen molar-refractivity contribution < 1.29 is 14.0 Å². The average Bonchev–Trinajstić information content (AvgIpc) is 2.74. The highest BCUT2D eigenvalue weighted by Gasteiger charge is 2.10. The average molecular weight is 405 g/mol. The molecule has 0 aromatic heterocycles. The topological polar surface area (TPSA) is 70.2 Å². The van der Waals surface area contributed by atoms with Gasteiger partial charge in [0.05, 0.1) is 6.04 Å². The molecule has 6 heteroatoms. The van der Waals surface area contributed by atoms with Gasteiger partial charge in [0.25, 0.3) is 0 Å². The first kappa shape index (κ1) is 21.0. The van der Waals surface area contributed by atoms with Crippen LogP contribution in [-0.4, -0.2) is 11.9 Å². The van der Waals surface area contributed by atoms with Crippen molar-refractivity contribution in [3.63, 3.8) is 0 Å². The van der Waals surface area contributed by atoms with E-state index in [9.17, 15) is 14.0 Å². The summed E-state index contributed by atoms with van der Waals surface area (Å²) in [6, 6.07) is 22.2. The van der Waals surface area contributed by atoms with E-state index in [2.05, 4.69) is 16.0 Å². The number of aryl methyl sites for hydroxylation is 1. The van der Waals surface area contributed by atoms with Gasteiger partial charge in [0.15, 0.2) is 0 Å². The van der Waals surface area contributed by atoms with Crippen molar-refractivity contribution in [2.75, 3.05) is 10.6 Å². The fraction of sp³-hybridized carbons (Fsp3) is 0.167. The van der Waals surface area contributed by atoms with Crippen LogP contribution < -0.4 is 16.0 Å². The maximum Gasteiger partial charge on any atom is 0.323 e. The lowest BCUT2D eigenvalue weighted by atomic mass is 10.1. The van der Waals surface area contributed by atoms with Gasteiger partial charge < -0.3 is 16.0 Å². The number of hydrogen-bond acceptors (Lipinski definition) is 2. The molecule has 0 saturated carbocycles. The van der Waals surface area contributed by atoms with Crippen molar-refractivity contribution >= 4 is 23.3 Å². The molecule has 0 fully saturated rings. The van der Waals surface area contributed by atoms with Crippen molar-refractivity contribution in [1.82, 2.24) is 5.32 Å². The molecule has 0 aliphatic heterocycles. The molecule has 3 aromatic carbocycles. The molecule has 3 rings (SSSR count). The lowest BCUT2D eigenvalue weighted by molar-refractivity contribution is -0.121. The van der Waals surface area contributed by atoms with E-state index in [1.54, 1.807) is 24.3 Å². The predicted octanol–water partition coefficient (Wildman–Crippen LogP) is 5.28. The summed E-state index contributed by atoms with van der Waals surface area (Å²) in [4.78, 5) is 24.3. The lowest BCUT2D eigenvalue weighted by Crippen LogP contribution is -2.26. The number of para-hydroxylation sites is 1. The third-order valence-electron chi connectivity index (χ3n) is 4.63. The Morgan fingerprint density at radius 2 is 1.43 bits per heavy atom. The molecule has 1 unspecified atom stereocenters. The number of amides is 3. The van der Waals surface area contributed by atoms with Gasteiger partial charge in [0.1, 0.15) is 5.82 Å². The van der Waals surface area contributed by atoms with Crippen LogP contribution in [0, 0.1) is 5.82 Å². The first-order valence-electron chi connectivity index (χ1n) is 9.76. The molecule has 30 heavy (non-hydrogen) atoms. The van der Waals surface area contributed by atoms with Crippen molar-refractivity contribution in [2.24, 2.45) is 0 Å². The summed E-state index contributed by atoms with van der Waals surface area (Å²) >= 11 is 0. The van der Waals surface area contributed by atoms with Crippen LogP contribution >= 0.6 is 0 Å². The first-order chi connectivity index (χ1) is 14.5. The third kappa shape index (κ3) is 6.44. The van der Waals surface area contributed by atoms with Crippen LogP contribution in [0.4, 0.5) is 20.6 Å². The Hall–Kier alpha value is -3.67. The third-order valence-corrected chi connectivity index (χ3v) is 4.63. The summed E-state index contributed by atoms with van der Waals surface area (Å²) in [5.74, 6) is -0.358. The quantitative estimate of drug-likeness (QED) is 0.500. The highest BCUT2D eigenvalue weighted by Crippen LogP contribution is 2.17. The summed E-state index contributed by atoms with van der Waals surface area (Å²) in [5.41, 5.74) is 3.22. The zero-order valence-electron chi connectivity index (χ0n) is 16.7. The van der Waals surface area contributed by atoms with E-state index in [-0.39, 0.29) is 23.8 Å². The molecular formula is C24H24FN3O2. The van der Waals surface area contributed by atoms with Gasteiger partial charge in [-0.15, -0.1) is 0 Å². The van der Waals surface area contributed by atoms with E-state index in [0.29, 0.717) is 24.2 Å². The summed E-state index contributed by atoms with van der Waals surface area (Å²) in [7, 11) is 0. The Morgan fingerprint density at radius 3 is 2.07 bits per heavy atom. The fourth-order valence-electron chi connectivity index (χ4n) is 2.98. The number of halogens is 1. The largest absolute Gasteiger partial charge is 0.350 e. The van der Waals surface area contributed by atoms with Gasteiger partial charge in [-0.25, -0.2) is 9.18 Å². The predicted molar refractivity (Wildman–Crippen MR) is 117 cm³/mol. The standard InChI is InChI=1S/C24H24FN3O2/c1-17(26-23(29)16-9-18-7-12-20(25)13-8-18)19-10-14-22(15-11-19)28-24(30)27-21-5-3-2-4-6-21/h2-8,10-15,17H,9,16H2,1H3,(H,26,29)(H2,27,28,30). The van der Waals surface area contributed by atoms with Gasteiger partial charge in [-0.2, -0.15) is 0 Å². The van der Waals surface area contributed by atoms with Crippen LogP contribution in [0.15, 0.2) is 78.9 Å². The van der Waals surface area contributed by atoms with E-state index in [1.807, 2.05) is 49.4 Å². The molecule has 154 valence electrons. The molecule has 0 aliphatic rings. The summed E-state index contributed by atoms with van der Waals surface area (Å²) in [5, 5.41) is 8.49. The molecule has 0 bridgehead atoms. The number of carbonyl (C=O) groups is 2. The minimum atomic E-state index is -0.323. The van der Waals surface area contributed by atoms with Gasteiger partial charge in [0.2, 0.25) is 5.91 Å². The number of anilines is 2. The Morgan fingerprint density at radius 1 is 0.833 bits per heavy atom. The van der Waals surface area contributed by atoms with E-state index in [1.165, 1.54) is 12.1 Å². The minimum absolute atomic E-state index is 0.0729. The molecule has 0 radical (unpaired) electrons. The summed E-state index contributed by atoms with van der Waals surface area (Å²) in [6.45, 7) is 1.90. The second kappa shape index (κ2) is 10.2. The van der Waals surface area contributed by atoms with Crippen LogP contribution in [-0.2, 0) is 11.2 Å². The highest BCUT2D eigenvalue weighted by molar-refractivity contribution is 5.99. The lowest BCUT2D eigenvalue weighted by Gasteiger charge is -2.15. The second-order valence-corrected chi connectivity index (χ2v) is 6.98. The van der Waals surface area contributed by atoms with E-state index < -0.39 is 0 Å². The molecule has 3 amide bonds. The van der Waals surface area contributed by atoms with Crippen molar-refractivity contribution in [3.05, 3.63) is 95.8 Å². The van der Waals surface area contributed by atoms with Gasteiger partial charge >= 0.3 is 6.03 Å². The number of hydrogen-bond donors (Lipinski definition) is 3. The summed E-state index contributed by atoms with van der Waals surface area (Å²) in [6.07, 6.45) is 0.882. The van der Waals surface area contributed by atoms with Crippen molar-refractivity contribution in [1.29, 1.82) is 0 Å². The van der Waals surface area contributed by atoms with Gasteiger partial charge in [-0.3, -0.25) is 4.79 Å². The number of nitrogens with one attached hydrogen (secondary N) is 3. The van der Waals surface area contributed by atoms with E-state index in [0.717, 1.165) is 11.1 Å². The Kier molecular flexibility index (Phi) is 7.16. The number of carbonyl (C=O) groups excluding carboxylic acids is 2. The zero-order chi connectivity index (χ0) is 21.3. The normalized spacial score (nSPS) is 11.4. The monoisotopic (exact) mass is 405 g/mol. The van der Waals surface area contributed by atoms with Crippen LogP contribution in [0.2, 0.25) is 0 Å². The fourth-order valence-corrected chi connectivity index (χ4v) is 2.98. The Balaban J connectivity index is 1.46. The molecule has 0 aliphatic carbocycles. The van der Waals surface area contributed by atoms with E-state index >= 15 is 0 Å². The smallest absolute Gasteiger partial charge is 0.323 e. The molecule has 5 nitrogen and oxygen atoms in total. The van der Waals surface area contributed by atoms with Crippen LogP contribution in [0.25, 0.3) is 0 Å². The highest BCUT2D eigenvalue weighted by atomic mass is 19.1. The molecule has 0 heterocycles. The molecular weight excluding hydrogens is 381 g/mol. The number of benzene rings is 3. The Labute approximate surface area is 175 Å². The number of urea groups is 1. The Bertz CT molecular complexity index is 974.